The zero-order valence-corrected chi connectivity index (χ0v) is 11.9. The van der Waals surface area contributed by atoms with Crippen LogP contribution >= 0.6 is 0 Å². The van der Waals surface area contributed by atoms with E-state index in [1.54, 1.807) is 6.07 Å². The van der Waals surface area contributed by atoms with Crippen LogP contribution in [-0.4, -0.2) is 29.1 Å². The van der Waals surface area contributed by atoms with E-state index in [1.165, 1.54) is 26.2 Å². The molecule has 0 saturated heterocycles. The van der Waals surface area contributed by atoms with Crippen molar-refractivity contribution in [1.29, 1.82) is 0 Å². The standard InChI is InChI=1S/C15H18O5/c1-8(2)11-5-10(7-13(20-4)14(11)17)6-12(9(3)16)15(18)19/h5-8,17H,1-4H3,(H,18,19). The molecule has 0 saturated carbocycles. The van der Waals surface area contributed by atoms with Crippen molar-refractivity contribution in [3.63, 3.8) is 0 Å². The maximum Gasteiger partial charge on any atom is 0.339 e. The summed E-state index contributed by atoms with van der Waals surface area (Å²) in [6.07, 6.45) is 1.28. The van der Waals surface area contributed by atoms with E-state index in [-0.39, 0.29) is 23.0 Å². The average Bonchev–Trinajstić information content (AvgIpc) is 2.35. The van der Waals surface area contributed by atoms with Gasteiger partial charge < -0.3 is 14.9 Å². The van der Waals surface area contributed by atoms with Crippen molar-refractivity contribution < 1.29 is 24.5 Å². The Balaban J connectivity index is 3.46. The number of phenols is 1. The zero-order chi connectivity index (χ0) is 15.4. The number of carbonyl (C=O) groups is 2. The van der Waals surface area contributed by atoms with Gasteiger partial charge in [-0.2, -0.15) is 0 Å². The fraction of sp³-hybridized carbons (Fsp3) is 0.333. The number of hydrogen-bond acceptors (Lipinski definition) is 4. The molecule has 1 aromatic carbocycles. The van der Waals surface area contributed by atoms with Crippen molar-refractivity contribution >= 4 is 17.8 Å². The van der Waals surface area contributed by atoms with Gasteiger partial charge in [0.1, 0.15) is 5.57 Å². The molecule has 0 atom stereocenters. The highest BCUT2D eigenvalue weighted by Gasteiger charge is 2.16. The van der Waals surface area contributed by atoms with Crippen LogP contribution in [0.4, 0.5) is 0 Å². The van der Waals surface area contributed by atoms with E-state index in [1.807, 2.05) is 13.8 Å². The number of ketones is 1. The molecule has 0 bridgehead atoms. The molecular weight excluding hydrogens is 260 g/mol. The van der Waals surface area contributed by atoms with Gasteiger partial charge in [-0.05, 0) is 36.6 Å². The second-order valence-corrected chi connectivity index (χ2v) is 4.74. The second kappa shape index (κ2) is 6.23. The Hall–Kier alpha value is -2.30. The van der Waals surface area contributed by atoms with Gasteiger partial charge in [0.15, 0.2) is 17.3 Å². The number of hydrogen-bond donors (Lipinski definition) is 2. The van der Waals surface area contributed by atoms with Crippen LogP contribution in [0.15, 0.2) is 17.7 Å². The monoisotopic (exact) mass is 278 g/mol. The summed E-state index contributed by atoms with van der Waals surface area (Å²) in [5, 5.41) is 19.0. The Labute approximate surface area is 117 Å². The first-order valence-electron chi connectivity index (χ1n) is 6.14. The molecule has 0 radical (unpaired) electrons. The molecule has 0 aliphatic rings. The van der Waals surface area contributed by atoms with Crippen LogP contribution < -0.4 is 4.74 Å². The number of carboxylic acids is 1. The molecule has 0 heterocycles. The van der Waals surface area contributed by atoms with Gasteiger partial charge >= 0.3 is 5.97 Å². The molecule has 0 amide bonds. The molecular formula is C15H18O5. The van der Waals surface area contributed by atoms with Gasteiger partial charge in [-0.1, -0.05) is 13.8 Å². The molecule has 1 aromatic rings. The van der Waals surface area contributed by atoms with Gasteiger partial charge in [0.2, 0.25) is 0 Å². The number of aromatic hydroxyl groups is 1. The van der Waals surface area contributed by atoms with E-state index >= 15 is 0 Å². The highest BCUT2D eigenvalue weighted by molar-refractivity contribution is 6.19. The van der Waals surface area contributed by atoms with Crippen molar-refractivity contribution in [1.82, 2.24) is 0 Å². The maximum atomic E-state index is 11.3. The summed E-state index contributed by atoms with van der Waals surface area (Å²) >= 11 is 0. The number of phenolic OH excluding ortho intramolecular Hbond substituents is 1. The topological polar surface area (TPSA) is 83.8 Å². The summed E-state index contributed by atoms with van der Waals surface area (Å²) in [4.78, 5) is 22.3. The van der Waals surface area contributed by atoms with Crippen LogP contribution in [0, 0.1) is 0 Å². The van der Waals surface area contributed by atoms with Crippen LogP contribution in [0.3, 0.4) is 0 Å². The van der Waals surface area contributed by atoms with Gasteiger partial charge in [0.25, 0.3) is 0 Å². The molecule has 0 aromatic heterocycles. The third kappa shape index (κ3) is 3.38. The molecule has 2 N–H and O–H groups in total. The van der Waals surface area contributed by atoms with E-state index in [2.05, 4.69) is 0 Å². The van der Waals surface area contributed by atoms with E-state index in [4.69, 9.17) is 9.84 Å². The number of ether oxygens (including phenoxy) is 1. The average molecular weight is 278 g/mol. The third-order valence-corrected chi connectivity index (χ3v) is 2.89. The van der Waals surface area contributed by atoms with Gasteiger partial charge in [0, 0.05) is 5.56 Å². The fourth-order valence-corrected chi connectivity index (χ4v) is 1.81. The zero-order valence-electron chi connectivity index (χ0n) is 11.9. The fourth-order valence-electron chi connectivity index (χ4n) is 1.81. The summed E-state index contributed by atoms with van der Waals surface area (Å²) in [6.45, 7) is 4.98. The predicted octanol–water partition coefficient (Wildman–Crippen LogP) is 2.58. The Morgan fingerprint density at radius 2 is 1.90 bits per heavy atom. The van der Waals surface area contributed by atoms with Gasteiger partial charge in [-0.3, -0.25) is 4.79 Å². The number of carbonyl (C=O) groups excluding carboxylic acids is 1. The number of aliphatic carboxylic acids is 1. The van der Waals surface area contributed by atoms with Crippen molar-refractivity contribution in [2.45, 2.75) is 26.7 Å². The highest BCUT2D eigenvalue weighted by atomic mass is 16.5. The minimum Gasteiger partial charge on any atom is -0.504 e. The van der Waals surface area contributed by atoms with Crippen LogP contribution in [-0.2, 0) is 9.59 Å². The van der Waals surface area contributed by atoms with Gasteiger partial charge in [0.05, 0.1) is 7.11 Å². The van der Waals surface area contributed by atoms with Crippen LogP contribution in [0.25, 0.3) is 6.08 Å². The first-order chi connectivity index (χ1) is 9.27. The number of Topliss-reactive ketones (excluding diaryl/α,β-unsaturated/α-hetero) is 1. The van der Waals surface area contributed by atoms with Gasteiger partial charge in [-0.25, -0.2) is 4.79 Å². The quantitative estimate of drug-likeness (QED) is 0.491. The van der Waals surface area contributed by atoms with E-state index in [0.717, 1.165) is 0 Å². The van der Waals surface area contributed by atoms with Crippen LogP contribution in [0.2, 0.25) is 0 Å². The number of benzene rings is 1. The molecule has 20 heavy (non-hydrogen) atoms. The minimum atomic E-state index is -1.28. The molecule has 0 spiro atoms. The lowest BCUT2D eigenvalue weighted by molar-refractivity contribution is -0.134. The molecule has 0 unspecified atom stereocenters. The number of carboxylic acid groups (broad SMARTS) is 1. The largest absolute Gasteiger partial charge is 0.504 e. The number of rotatable bonds is 5. The van der Waals surface area contributed by atoms with Crippen molar-refractivity contribution in [2.24, 2.45) is 0 Å². The van der Waals surface area contributed by atoms with E-state index in [9.17, 15) is 14.7 Å². The molecule has 0 aliphatic heterocycles. The summed E-state index contributed by atoms with van der Waals surface area (Å²) < 4.78 is 5.07. The smallest absolute Gasteiger partial charge is 0.339 e. The maximum absolute atomic E-state index is 11.3. The number of methoxy groups -OCH3 is 1. The normalized spacial score (nSPS) is 11.6. The third-order valence-electron chi connectivity index (χ3n) is 2.89. The first-order valence-corrected chi connectivity index (χ1v) is 6.14. The summed E-state index contributed by atoms with van der Waals surface area (Å²) in [5.74, 6) is -1.51. The van der Waals surface area contributed by atoms with Gasteiger partial charge in [-0.15, -0.1) is 0 Å². The molecule has 0 fully saturated rings. The summed E-state index contributed by atoms with van der Waals surface area (Å²) in [5.41, 5.74) is 0.812. The first kappa shape index (κ1) is 15.8. The Kier molecular flexibility index (Phi) is 4.91. The minimum absolute atomic E-state index is 0.0272. The van der Waals surface area contributed by atoms with E-state index in [0.29, 0.717) is 11.1 Å². The van der Waals surface area contributed by atoms with Crippen molar-refractivity contribution in [3.8, 4) is 11.5 Å². The van der Waals surface area contributed by atoms with Crippen molar-refractivity contribution in [3.05, 3.63) is 28.8 Å². The SMILES string of the molecule is COc1cc(C=C(C(C)=O)C(=O)O)cc(C(C)C)c1O. The second-order valence-electron chi connectivity index (χ2n) is 4.74. The Bertz CT molecular complexity index is 554. The lowest BCUT2D eigenvalue weighted by Gasteiger charge is -2.13. The van der Waals surface area contributed by atoms with E-state index < -0.39 is 11.8 Å². The van der Waals surface area contributed by atoms with Crippen LogP contribution in [0.1, 0.15) is 37.8 Å². The molecule has 1 rings (SSSR count). The molecule has 5 nitrogen and oxygen atoms in total. The lowest BCUT2D eigenvalue weighted by Crippen LogP contribution is -2.08. The lowest BCUT2D eigenvalue weighted by atomic mass is 9.97. The predicted molar refractivity (Wildman–Crippen MR) is 75.0 cm³/mol. The Morgan fingerprint density at radius 3 is 2.30 bits per heavy atom. The molecule has 0 aliphatic carbocycles. The summed E-state index contributed by atoms with van der Waals surface area (Å²) in [7, 11) is 1.41. The van der Waals surface area contributed by atoms with Crippen molar-refractivity contribution in [2.75, 3.05) is 7.11 Å². The van der Waals surface area contributed by atoms with Crippen LogP contribution in [0.5, 0.6) is 11.5 Å². The Morgan fingerprint density at radius 1 is 1.30 bits per heavy atom. The molecule has 108 valence electrons. The summed E-state index contributed by atoms with van der Waals surface area (Å²) in [6, 6.07) is 3.14. The highest BCUT2D eigenvalue weighted by Crippen LogP contribution is 2.36. The molecule has 5 heteroatoms.